The van der Waals surface area contributed by atoms with Gasteiger partial charge in [-0.3, -0.25) is 14.3 Å². The summed E-state index contributed by atoms with van der Waals surface area (Å²) >= 11 is 1.44. The Morgan fingerprint density at radius 2 is 2.03 bits per heavy atom. The number of rotatable bonds is 6. The molecular formula is C24H27N5O3S. The molecule has 1 amide bonds. The van der Waals surface area contributed by atoms with Crippen LogP contribution in [0.4, 0.5) is 5.69 Å². The molecule has 2 aliphatic rings. The monoisotopic (exact) mass is 465 g/mol. The van der Waals surface area contributed by atoms with Crippen molar-refractivity contribution in [3.63, 3.8) is 0 Å². The van der Waals surface area contributed by atoms with Crippen LogP contribution in [0.2, 0.25) is 0 Å². The number of aromatic nitrogens is 4. The van der Waals surface area contributed by atoms with Crippen LogP contribution < -0.4 is 14.8 Å². The lowest BCUT2D eigenvalue weighted by Gasteiger charge is -2.31. The lowest BCUT2D eigenvalue weighted by Crippen LogP contribution is -2.25. The number of carbonyl (C=O) groups is 1. The molecule has 1 fully saturated rings. The van der Waals surface area contributed by atoms with Gasteiger partial charge in [-0.1, -0.05) is 31.5 Å². The summed E-state index contributed by atoms with van der Waals surface area (Å²) in [6, 6.07) is 9.62. The maximum absolute atomic E-state index is 13.0. The normalized spacial score (nSPS) is 20.4. The molecule has 1 aromatic carbocycles. The second kappa shape index (κ2) is 9.43. The Balaban J connectivity index is 1.38. The highest BCUT2D eigenvalue weighted by molar-refractivity contribution is 8.00. The van der Waals surface area contributed by atoms with Gasteiger partial charge in [0.15, 0.2) is 22.5 Å². The second-order valence-corrected chi connectivity index (χ2v) is 9.87. The summed E-state index contributed by atoms with van der Waals surface area (Å²) in [5.41, 5.74) is 1.61. The van der Waals surface area contributed by atoms with E-state index in [0.717, 1.165) is 23.0 Å². The van der Waals surface area contributed by atoms with Crippen LogP contribution in [0.1, 0.15) is 45.6 Å². The zero-order chi connectivity index (χ0) is 22.8. The lowest BCUT2D eigenvalue weighted by molar-refractivity contribution is -0.115. The Kier molecular flexibility index (Phi) is 6.22. The molecule has 0 spiro atoms. The predicted molar refractivity (Wildman–Crippen MR) is 126 cm³/mol. The Labute approximate surface area is 197 Å². The number of hydrogen-bond acceptors (Lipinski definition) is 7. The van der Waals surface area contributed by atoms with Crippen molar-refractivity contribution in [2.24, 2.45) is 5.92 Å². The third-order valence-corrected chi connectivity index (χ3v) is 7.33. The zero-order valence-electron chi connectivity index (χ0n) is 18.7. The highest BCUT2D eigenvalue weighted by Gasteiger charge is 2.30. The Hall–Kier alpha value is -3.07. The van der Waals surface area contributed by atoms with Crippen molar-refractivity contribution in [1.29, 1.82) is 0 Å². The van der Waals surface area contributed by atoms with E-state index in [1.165, 1.54) is 31.0 Å². The van der Waals surface area contributed by atoms with E-state index in [-0.39, 0.29) is 18.0 Å². The first-order valence-electron chi connectivity index (χ1n) is 11.3. The summed E-state index contributed by atoms with van der Waals surface area (Å²) in [6.45, 7) is 4.38. The van der Waals surface area contributed by atoms with E-state index in [1.807, 2.05) is 31.3 Å². The van der Waals surface area contributed by atoms with Gasteiger partial charge in [0, 0.05) is 35.8 Å². The summed E-state index contributed by atoms with van der Waals surface area (Å²) in [5.74, 6) is 2.55. The molecule has 0 bridgehead atoms. The summed E-state index contributed by atoms with van der Waals surface area (Å²) in [4.78, 5) is 17.2. The predicted octanol–water partition coefficient (Wildman–Crippen LogP) is 4.94. The molecule has 5 rings (SSSR count). The first-order chi connectivity index (χ1) is 16.1. The third-order valence-electron chi connectivity index (χ3n) is 6.27. The molecule has 3 heterocycles. The van der Waals surface area contributed by atoms with Crippen LogP contribution in [0.5, 0.6) is 11.5 Å². The number of hydrogen-bond donors (Lipinski definition) is 1. The molecule has 1 N–H and O–H groups in total. The Bertz CT molecular complexity index is 1140. The molecule has 0 radical (unpaired) electrons. The number of pyridine rings is 1. The van der Waals surface area contributed by atoms with Crippen LogP contribution in [0, 0.1) is 5.92 Å². The number of carbonyl (C=O) groups excluding carboxylic acids is 1. The highest BCUT2D eigenvalue weighted by atomic mass is 32.2. The van der Waals surface area contributed by atoms with Gasteiger partial charge in [0.25, 0.3) is 0 Å². The van der Waals surface area contributed by atoms with Crippen molar-refractivity contribution < 1.29 is 14.3 Å². The summed E-state index contributed by atoms with van der Waals surface area (Å²) in [6.07, 6.45) is 8.27. The van der Waals surface area contributed by atoms with Gasteiger partial charge in [0.05, 0.1) is 5.25 Å². The van der Waals surface area contributed by atoms with E-state index in [9.17, 15) is 4.79 Å². The van der Waals surface area contributed by atoms with Gasteiger partial charge in [-0.25, -0.2) is 0 Å². The maximum Gasteiger partial charge on any atom is 0.237 e. The zero-order valence-corrected chi connectivity index (χ0v) is 19.5. The second-order valence-electron chi connectivity index (χ2n) is 8.56. The molecule has 33 heavy (non-hydrogen) atoms. The molecular weight excluding hydrogens is 438 g/mol. The van der Waals surface area contributed by atoms with Gasteiger partial charge in [-0.05, 0) is 49.9 Å². The van der Waals surface area contributed by atoms with Gasteiger partial charge in [-0.15, -0.1) is 10.2 Å². The van der Waals surface area contributed by atoms with Crippen molar-refractivity contribution in [1.82, 2.24) is 19.7 Å². The average molecular weight is 466 g/mol. The number of nitrogens with zero attached hydrogens (tertiary/aromatic N) is 4. The molecule has 0 unspecified atom stereocenters. The smallest absolute Gasteiger partial charge is 0.237 e. The molecule has 9 heteroatoms. The van der Waals surface area contributed by atoms with Gasteiger partial charge in [0.1, 0.15) is 0 Å². The van der Waals surface area contributed by atoms with E-state index in [4.69, 9.17) is 9.47 Å². The number of nitrogens with one attached hydrogen (secondary N) is 1. The first-order valence-corrected chi connectivity index (χ1v) is 12.2. The molecule has 1 aliphatic heterocycles. The van der Waals surface area contributed by atoms with E-state index in [0.29, 0.717) is 29.1 Å². The molecule has 0 saturated heterocycles. The van der Waals surface area contributed by atoms with Crippen LogP contribution in [-0.2, 0) is 4.79 Å². The SMILES string of the molecule is C[C@@H](Sc1nnc(-c2cccnc2)n1[C@H]1CCCC[C@@H]1C)C(=O)Nc1ccc2c(c1)OCO2. The Morgan fingerprint density at radius 1 is 1.18 bits per heavy atom. The van der Waals surface area contributed by atoms with Gasteiger partial charge < -0.3 is 14.8 Å². The standard InChI is InChI=1S/C24H27N5O3S/c1-15-6-3-4-8-19(15)29-22(17-7-5-11-25-13-17)27-28-24(29)33-16(2)23(30)26-18-9-10-20-21(12-18)32-14-31-20/h5,7,9-13,15-16,19H,3-4,6,8,14H2,1-2H3,(H,26,30)/t15-,16+,19-/m0/s1. The van der Waals surface area contributed by atoms with E-state index < -0.39 is 0 Å². The fraction of sp³-hybridized carbons (Fsp3) is 0.417. The van der Waals surface area contributed by atoms with Crippen LogP contribution in [0.3, 0.4) is 0 Å². The molecule has 8 nitrogen and oxygen atoms in total. The van der Waals surface area contributed by atoms with Gasteiger partial charge in [-0.2, -0.15) is 0 Å². The molecule has 172 valence electrons. The van der Waals surface area contributed by atoms with Crippen molar-refractivity contribution in [2.75, 3.05) is 12.1 Å². The number of benzene rings is 1. The number of thioether (sulfide) groups is 1. The van der Waals surface area contributed by atoms with Crippen LogP contribution in [0.15, 0.2) is 47.9 Å². The summed E-state index contributed by atoms with van der Waals surface area (Å²) in [7, 11) is 0. The molecule has 2 aromatic heterocycles. The number of fused-ring (bicyclic) bond motifs is 1. The largest absolute Gasteiger partial charge is 0.454 e. The highest BCUT2D eigenvalue weighted by Crippen LogP contribution is 2.40. The van der Waals surface area contributed by atoms with Crippen LogP contribution in [0.25, 0.3) is 11.4 Å². The van der Waals surface area contributed by atoms with Gasteiger partial charge in [0.2, 0.25) is 12.7 Å². The van der Waals surface area contributed by atoms with Crippen molar-refractivity contribution >= 4 is 23.4 Å². The number of anilines is 1. The van der Waals surface area contributed by atoms with Crippen molar-refractivity contribution in [2.45, 2.75) is 56.0 Å². The van der Waals surface area contributed by atoms with Crippen LogP contribution in [-0.4, -0.2) is 37.7 Å². The fourth-order valence-corrected chi connectivity index (χ4v) is 5.36. The molecule has 1 aliphatic carbocycles. The van der Waals surface area contributed by atoms with Crippen molar-refractivity contribution in [3.05, 3.63) is 42.7 Å². The van der Waals surface area contributed by atoms with E-state index >= 15 is 0 Å². The molecule has 3 atom stereocenters. The van der Waals surface area contributed by atoms with E-state index in [1.54, 1.807) is 18.3 Å². The van der Waals surface area contributed by atoms with E-state index in [2.05, 4.69) is 32.0 Å². The Morgan fingerprint density at radius 3 is 2.85 bits per heavy atom. The lowest BCUT2D eigenvalue weighted by atomic mass is 9.85. The first kappa shape index (κ1) is 21.8. The van der Waals surface area contributed by atoms with Crippen molar-refractivity contribution in [3.8, 4) is 22.9 Å². The minimum Gasteiger partial charge on any atom is -0.454 e. The van der Waals surface area contributed by atoms with Gasteiger partial charge >= 0.3 is 0 Å². The maximum atomic E-state index is 13.0. The molecule has 1 saturated carbocycles. The quantitative estimate of drug-likeness (QED) is 0.516. The minimum absolute atomic E-state index is 0.104. The number of ether oxygens (including phenoxy) is 2. The summed E-state index contributed by atoms with van der Waals surface area (Å²) in [5, 5.41) is 12.4. The summed E-state index contributed by atoms with van der Waals surface area (Å²) < 4.78 is 13.0. The fourth-order valence-electron chi connectivity index (χ4n) is 4.46. The topological polar surface area (TPSA) is 91.2 Å². The number of amides is 1. The average Bonchev–Trinajstić information content (AvgIpc) is 3.46. The molecule has 3 aromatic rings. The minimum atomic E-state index is -0.362. The van der Waals surface area contributed by atoms with Crippen LogP contribution >= 0.6 is 11.8 Å². The third kappa shape index (κ3) is 4.55.